The highest BCUT2D eigenvalue weighted by Crippen LogP contribution is 2.16. The molecule has 0 atom stereocenters. The van der Waals surface area contributed by atoms with Crippen molar-refractivity contribution in [2.75, 3.05) is 31.6 Å². The number of amides is 1. The van der Waals surface area contributed by atoms with Gasteiger partial charge >= 0.3 is 0 Å². The number of hydrogen-bond acceptors (Lipinski definition) is 4. The largest absolute Gasteiger partial charge is 0.381 e. The van der Waals surface area contributed by atoms with E-state index in [0.29, 0.717) is 24.0 Å². The number of carbonyl (C=O) groups excluding carboxylic acids is 1. The summed E-state index contributed by atoms with van der Waals surface area (Å²) in [6, 6.07) is 3.43. The molecule has 0 radical (unpaired) electrons. The van der Waals surface area contributed by atoms with Crippen molar-refractivity contribution in [3.63, 3.8) is 0 Å². The van der Waals surface area contributed by atoms with Crippen LogP contribution in [0.3, 0.4) is 0 Å². The van der Waals surface area contributed by atoms with Gasteiger partial charge in [0.15, 0.2) is 0 Å². The Morgan fingerprint density at radius 3 is 2.76 bits per heavy atom. The van der Waals surface area contributed by atoms with E-state index in [1.165, 1.54) is 0 Å². The van der Waals surface area contributed by atoms with E-state index in [0.717, 1.165) is 32.4 Å². The number of nitrogens with zero attached hydrogens (tertiary/aromatic N) is 1. The monoisotopic (exact) mass is 313 g/mol. The average molecular weight is 314 g/mol. The molecule has 0 aliphatic carbocycles. The third-order valence-electron chi connectivity index (χ3n) is 2.81. The molecule has 0 spiro atoms. The molecule has 0 saturated carbocycles. The SMILES string of the molecule is CCCCOCCCNC(=O)c1nc(NCC)ccc1Cl. The summed E-state index contributed by atoms with van der Waals surface area (Å²) in [6.07, 6.45) is 2.98. The maximum Gasteiger partial charge on any atom is 0.271 e. The molecule has 0 aromatic carbocycles. The van der Waals surface area contributed by atoms with Crippen LogP contribution in [0, 0.1) is 0 Å². The third-order valence-corrected chi connectivity index (χ3v) is 3.12. The van der Waals surface area contributed by atoms with E-state index in [1.807, 2.05) is 6.92 Å². The summed E-state index contributed by atoms with van der Waals surface area (Å²) in [7, 11) is 0. The molecule has 0 aliphatic heterocycles. The van der Waals surface area contributed by atoms with E-state index in [2.05, 4.69) is 22.5 Å². The first-order valence-corrected chi connectivity index (χ1v) is 7.83. The number of ether oxygens (including phenoxy) is 1. The number of aromatic nitrogens is 1. The summed E-state index contributed by atoms with van der Waals surface area (Å²) in [5.41, 5.74) is 0.252. The third kappa shape index (κ3) is 6.78. The normalized spacial score (nSPS) is 10.4. The summed E-state index contributed by atoms with van der Waals surface area (Å²) in [5.74, 6) is 0.392. The van der Waals surface area contributed by atoms with Gasteiger partial charge in [-0.05, 0) is 31.9 Å². The highest BCUT2D eigenvalue weighted by atomic mass is 35.5. The zero-order valence-electron chi connectivity index (χ0n) is 12.7. The van der Waals surface area contributed by atoms with Crippen molar-refractivity contribution in [2.24, 2.45) is 0 Å². The zero-order valence-corrected chi connectivity index (χ0v) is 13.5. The van der Waals surface area contributed by atoms with Crippen LogP contribution in [-0.2, 0) is 4.74 Å². The Labute approximate surface area is 131 Å². The number of rotatable bonds is 10. The Kier molecular flexibility index (Phi) is 8.78. The molecule has 1 amide bonds. The molecule has 5 nitrogen and oxygen atoms in total. The minimum atomic E-state index is -0.256. The first kappa shape index (κ1) is 17.7. The van der Waals surface area contributed by atoms with Crippen LogP contribution in [0.2, 0.25) is 5.02 Å². The van der Waals surface area contributed by atoms with E-state index in [-0.39, 0.29) is 11.6 Å². The smallest absolute Gasteiger partial charge is 0.271 e. The van der Waals surface area contributed by atoms with E-state index in [1.54, 1.807) is 12.1 Å². The van der Waals surface area contributed by atoms with Crippen LogP contribution in [0.1, 0.15) is 43.6 Å². The van der Waals surface area contributed by atoms with E-state index >= 15 is 0 Å². The van der Waals surface area contributed by atoms with Gasteiger partial charge in [-0.15, -0.1) is 0 Å². The molecular formula is C15H24ClN3O2. The molecule has 0 aliphatic rings. The van der Waals surface area contributed by atoms with Gasteiger partial charge in [-0.3, -0.25) is 4.79 Å². The number of halogens is 1. The van der Waals surface area contributed by atoms with Crippen molar-refractivity contribution in [2.45, 2.75) is 33.1 Å². The van der Waals surface area contributed by atoms with Crippen LogP contribution in [0.15, 0.2) is 12.1 Å². The number of hydrogen-bond donors (Lipinski definition) is 2. The van der Waals surface area contributed by atoms with E-state index in [9.17, 15) is 4.79 Å². The Morgan fingerprint density at radius 2 is 2.05 bits per heavy atom. The van der Waals surface area contributed by atoms with Crippen molar-refractivity contribution >= 4 is 23.3 Å². The minimum Gasteiger partial charge on any atom is -0.381 e. The quantitative estimate of drug-likeness (QED) is 0.652. The fourth-order valence-electron chi connectivity index (χ4n) is 1.69. The van der Waals surface area contributed by atoms with Gasteiger partial charge in [-0.2, -0.15) is 0 Å². The van der Waals surface area contributed by atoms with Crippen LogP contribution in [0.4, 0.5) is 5.82 Å². The lowest BCUT2D eigenvalue weighted by molar-refractivity contribution is 0.0936. The number of pyridine rings is 1. The summed E-state index contributed by atoms with van der Waals surface area (Å²) >= 11 is 6.01. The van der Waals surface area contributed by atoms with Crippen molar-refractivity contribution in [1.29, 1.82) is 0 Å². The molecule has 0 fully saturated rings. The van der Waals surface area contributed by atoms with Gasteiger partial charge in [0, 0.05) is 26.3 Å². The lowest BCUT2D eigenvalue weighted by Gasteiger charge is -2.09. The second-order valence-electron chi connectivity index (χ2n) is 4.63. The molecule has 2 N–H and O–H groups in total. The molecule has 0 saturated heterocycles. The van der Waals surface area contributed by atoms with Gasteiger partial charge in [-0.1, -0.05) is 24.9 Å². The lowest BCUT2D eigenvalue weighted by atomic mass is 10.3. The van der Waals surface area contributed by atoms with Crippen LogP contribution in [0.25, 0.3) is 0 Å². The number of carbonyl (C=O) groups is 1. The van der Waals surface area contributed by atoms with Gasteiger partial charge in [0.05, 0.1) is 5.02 Å². The maximum atomic E-state index is 12.0. The van der Waals surface area contributed by atoms with Gasteiger partial charge in [0.2, 0.25) is 0 Å². The average Bonchev–Trinajstić information content (AvgIpc) is 2.48. The predicted octanol–water partition coefficient (Wildman–Crippen LogP) is 3.10. The van der Waals surface area contributed by atoms with Crippen molar-refractivity contribution in [3.05, 3.63) is 22.8 Å². The Morgan fingerprint density at radius 1 is 1.29 bits per heavy atom. The number of anilines is 1. The summed E-state index contributed by atoms with van der Waals surface area (Å²) in [6.45, 7) is 6.82. The van der Waals surface area contributed by atoms with Crippen molar-refractivity contribution in [3.8, 4) is 0 Å². The first-order chi connectivity index (χ1) is 10.2. The summed E-state index contributed by atoms with van der Waals surface area (Å²) in [4.78, 5) is 16.2. The van der Waals surface area contributed by atoms with Gasteiger partial charge < -0.3 is 15.4 Å². The maximum absolute atomic E-state index is 12.0. The van der Waals surface area contributed by atoms with Crippen molar-refractivity contribution < 1.29 is 9.53 Å². The van der Waals surface area contributed by atoms with Gasteiger partial charge in [0.1, 0.15) is 11.5 Å². The lowest BCUT2D eigenvalue weighted by Crippen LogP contribution is -2.26. The summed E-state index contributed by atoms with van der Waals surface area (Å²) < 4.78 is 5.43. The molecule has 21 heavy (non-hydrogen) atoms. The Hall–Kier alpha value is -1.33. The van der Waals surface area contributed by atoms with Crippen LogP contribution in [-0.4, -0.2) is 37.2 Å². The van der Waals surface area contributed by atoms with Crippen LogP contribution < -0.4 is 10.6 Å². The fourth-order valence-corrected chi connectivity index (χ4v) is 1.88. The van der Waals surface area contributed by atoms with Gasteiger partial charge in [-0.25, -0.2) is 4.98 Å². The second kappa shape index (κ2) is 10.4. The molecular weight excluding hydrogens is 290 g/mol. The standard InChI is InChI=1S/C15H24ClN3O2/c1-3-5-10-21-11-6-9-18-15(20)14-12(16)7-8-13(19-14)17-4-2/h7-8H,3-6,9-11H2,1-2H3,(H,17,19)(H,18,20). The molecule has 1 heterocycles. The van der Waals surface area contributed by atoms with Gasteiger partial charge in [0.25, 0.3) is 5.91 Å². The molecule has 1 rings (SSSR count). The van der Waals surface area contributed by atoms with E-state index in [4.69, 9.17) is 16.3 Å². The zero-order chi connectivity index (χ0) is 15.5. The Bertz CT molecular complexity index is 441. The highest BCUT2D eigenvalue weighted by molar-refractivity contribution is 6.33. The molecule has 118 valence electrons. The molecule has 6 heteroatoms. The molecule has 1 aromatic rings. The number of unbranched alkanes of at least 4 members (excludes halogenated alkanes) is 1. The Balaban J connectivity index is 2.36. The summed E-state index contributed by atoms with van der Waals surface area (Å²) in [5, 5.41) is 6.22. The van der Waals surface area contributed by atoms with Crippen molar-refractivity contribution in [1.82, 2.24) is 10.3 Å². The van der Waals surface area contributed by atoms with Crippen LogP contribution in [0.5, 0.6) is 0 Å². The predicted molar refractivity (Wildman–Crippen MR) is 86.1 cm³/mol. The van der Waals surface area contributed by atoms with Crippen LogP contribution >= 0.6 is 11.6 Å². The molecule has 0 bridgehead atoms. The highest BCUT2D eigenvalue weighted by Gasteiger charge is 2.12. The minimum absolute atomic E-state index is 0.252. The second-order valence-corrected chi connectivity index (χ2v) is 5.04. The number of nitrogens with one attached hydrogen (secondary N) is 2. The van der Waals surface area contributed by atoms with E-state index < -0.39 is 0 Å². The fraction of sp³-hybridized carbons (Fsp3) is 0.600. The molecule has 1 aromatic heterocycles. The topological polar surface area (TPSA) is 63.2 Å². The first-order valence-electron chi connectivity index (χ1n) is 7.45. The molecule has 0 unspecified atom stereocenters.